The predicted molar refractivity (Wildman–Crippen MR) is 65.0 cm³/mol. The summed E-state index contributed by atoms with van der Waals surface area (Å²) in [5.41, 5.74) is 6.31. The average molecular weight is 240 g/mol. The third-order valence-electron chi connectivity index (χ3n) is 3.46. The smallest absolute Gasteiger partial charge is 0.160 e. The van der Waals surface area contributed by atoms with Gasteiger partial charge in [0.15, 0.2) is 11.6 Å². The van der Waals surface area contributed by atoms with E-state index in [0.717, 1.165) is 44.6 Å². The Bertz CT molecular complexity index is 374. The molecule has 0 spiro atoms. The van der Waals surface area contributed by atoms with Crippen molar-refractivity contribution >= 4 is 5.69 Å². The van der Waals surface area contributed by atoms with Crippen LogP contribution in [0.1, 0.15) is 19.3 Å². The zero-order valence-corrected chi connectivity index (χ0v) is 9.83. The van der Waals surface area contributed by atoms with Gasteiger partial charge in [0.1, 0.15) is 0 Å². The number of hydrogen-bond acceptors (Lipinski definition) is 2. The molecule has 2 nitrogen and oxygen atoms in total. The second-order valence-electron chi connectivity index (χ2n) is 4.61. The van der Waals surface area contributed by atoms with Crippen LogP contribution in [-0.2, 0) is 0 Å². The molecular formula is C13H18F2N2. The lowest BCUT2D eigenvalue weighted by atomic mass is 9.93. The lowest BCUT2D eigenvalue weighted by Gasteiger charge is -2.33. The van der Waals surface area contributed by atoms with Crippen molar-refractivity contribution in [1.82, 2.24) is 0 Å². The van der Waals surface area contributed by atoms with Crippen molar-refractivity contribution < 1.29 is 8.78 Å². The van der Waals surface area contributed by atoms with Crippen LogP contribution >= 0.6 is 0 Å². The van der Waals surface area contributed by atoms with Gasteiger partial charge in [0.25, 0.3) is 0 Å². The lowest BCUT2D eigenvalue weighted by Crippen LogP contribution is -2.34. The number of nitrogens with two attached hydrogens (primary N) is 1. The summed E-state index contributed by atoms with van der Waals surface area (Å²) >= 11 is 0. The molecule has 1 fully saturated rings. The molecular weight excluding hydrogens is 222 g/mol. The average Bonchev–Trinajstić information content (AvgIpc) is 2.34. The Balaban J connectivity index is 1.98. The monoisotopic (exact) mass is 240 g/mol. The van der Waals surface area contributed by atoms with Crippen molar-refractivity contribution in [2.24, 2.45) is 11.7 Å². The van der Waals surface area contributed by atoms with Gasteiger partial charge >= 0.3 is 0 Å². The molecule has 1 aromatic carbocycles. The van der Waals surface area contributed by atoms with E-state index in [4.69, 9.17) is 5.73 Å². The van der Waals surface area contributed by atoms with Crippen LogP contribution in [0.5, 0.6) is 0 Å². The quantitative estimate of drug-likeness (QED) is 0.879. The van der Waals surface area contributed by atoms with Gasteiger partial charge in [-0.25, -0.2) is 8.78 Å². The minimum Gasteiger partial charge on any atom is -0.371 e. The largest absolute Gasteiger partial charge is 0.371 e. The second kappa shape index (κ2) is 5.45. The number of benzene rings is 1. The highest BCUT2D eigenvalue weighted by molar-refractivity contribution is 5.47. The first-order chi connectivity index (χ1) is 8.20. The summed E-state index contributed by atoms with van der Waals surface area (Å²) in [7, 11) is 0. The summed E-state index contributed by atoms with van der Waals surface area (Å²) in [6.07, 6.45) is 3.22. The molecule has 1 heterocycles. The Kier molecular flexibility index (Phi) is 3.94. The summed E-state index contributed by atoms with van der Waals surface area (Å²) in [4.78, 5) is 2.11. The van der Waals surface area contributed by atoms with Gasteiger partial charge in [-0.05, 0) is 43.9 Å². The molecule has 94 valence electrons. The molecule has 2 N–H and O–H groups in total. The molecule has 1 aliphatic rings. The van der Waals surface area contributed by atoms with Crippen LogP contribution < -0.4 is 10.6 Å². The standard InChI is InChI=1S/C13H18F2N2/c14-12-2-1-11(9-13(12)15)17-7-4-10(3-6-16)5-8-17/h1-2,9-10H,3-8,16H2. The van der Waals surface area contributed by atoms with Crippen molar-refractivity contribution in [1.29, 1.82) is 0 Å². The molecule has 0 unspecified atom stereocenters. The fourth-order valence-corrected chi connectivity index (χ4v) is 2.40. The van der Waals surface area contributed by atoms with Crippen molar-refractivity contribution in [3.8, 4) is 0 Å². The van der Waals surface area contributed by atoms with Gasteiger partial charge in [0.05, 0.1) is 0 Å². The molecule has 0 atom stereocenters. The maximum atomic E-state index is 13.1. The van der Waals surface area contributed by atoms with Gasteiger partial charge in [0.2, 0.25) is 0 Å². The minimum atomic E-state index is -0.785. The molecule has 2 rings (SSSR count). The highest BCUT2D eigenvalue weighted by Gasteiger charge is 2.19. The van der Waals surface area contributed by atoms with Gasteiger partial charge in [-0.2, -0.15) is 0 Å². The lowest BCUT2D eigenvalue weighted by molar-refractivity contribution is 0.386. The van der Waals surface area contributed by atoms with Gasteiger partial charge in [-0.15, -0.1) is 0 Å². The van der Waals surface area contributed by atoms with E-state index in [1.165, 1.54) is 12.1 Å². The van der Waals surface area contributed by atoms with Crippen LogP contribution in [0.3, 0.4) is 0 Å². The van der Waals surface area contributed by atoms with Crippen molar-refractivity contribution in [3.05, 3.63) is 29.8 Å². The Morgan fingerprint density at radius 1 is 1.18 bits per heavy atom. The molecule has 1 saturated heterocycles. The summed E-state index contributed by atoms with van der Waals surface area (Å²) in [6, 6.07) is 4.11. The fourth-order valence-electron chi connectivity index (χ4n) is 2.40. The van der Waals surface area contributed by atoms with Crippen molar-refractivity contribution in [2.75, 3.05) is 24.5 Å². The molecule has 0 aliphatic carbocycles. The normalized spacial score (nSPS) is 17.5. The SMILES string of the molecule is NCCC1CCN(c2ccc(F)c(F)c2)CC1. The van der Waals surface area contributed by atoms with Gasteiger partial charge in [-0.3, -0.25) is 0 Å². The predicted octanol–water partition coefficient (Wildman–Crippen LogP) is 2.53. The van der Waals surface area contributed by atoms with E-state index >= 15 is 0 Å². The second-order valence-corrected chi connectivity index (χ2v) is 4.61. The Hall–Kier alpha value is -1.16. The van der Waals surface area contributed by atoms with E-state index < -0.39 is 11.6 Å². The number of piperidine rings is 1. The summed E-state index contributed by atoms with van der Waals surface area (Å²) < 4.78 is 25.9. The van der Waals surface area contributed by atoms with E-state index in [1.54, 1.807) is 6.07 Å². The van der Waals surface area contributed by atoms with Crippen molar-refractivity contribution in [2.45, 2.75) is 19.3 Å². The molecule has 1 aliphatic heterocycles. The molecule has 0 radical (unpaired) electrons. The van der Waals surface area contributed by atoms with Crippen LogP contribution in [0.2, 0.25) is 0 Å². The Morgan fingerprint density at radius 3 is 2.47 bits per heavy atom. The first kappa shape index (κ1) is 12.3. The van der Waals surface area contributed by atoms with E-state index in [9.17, 15) is 8.78 Å². The van der Waals surface area contributed by atoms with E-state index in [0.29, 0.717) is 5.92 Å². The summed E-state index contributed by atoms with van der Waals surface area (Å²) in [6.45, 7) is 2.53. The minimum absolute atomic E-state index is 0.682. The molecule has 0 bridgehead atoms. The van der Waals surface area contributed by atoms with Gasteiger partial charge < -0.3 is 10.6 Å². The third kappa shape index (κ3) is 2.94. The maximum absolute atomic E-state index is 13.1. The highest BCUT2D eigenvalue weighted by atomic mass is 19.2. The van der Waals surface area contributed by atoms with Gasteiger partial charge in [-0.1, -0.05) is 0 Å². The molecule has 4 heteroatoms. The summed E-state index contributed by atoms with van der Waals surface area (Å²) in [5, 5.41) is 0. The van der Waals surface area contributed by atoms with Gasteiger partial charge in [0, 0.05) is 24.8 Å². The van der Waals surface area contributed by atoms with Crippen LogP contribution in [0.15, 0.2) is 18.2 Å². The first-order valence-electron chi connectivity index (χ1n) is 6.11. The number of nitrogens with zero attached hydrogens (tertiary/aromatic N) is 1. The van der Waals surface area contributed by atoms with Crippen LogP contribution in [0, 0.1) is 17.6 Å². The number of halogens is 2. The third-order valence-corrected chi connectivity index (χ3v) is 3.46. The molecule has 0 saturated carbocycles. The van der Waals surface area contributed by atoms with E-state index in [2.05, 4.69) is 4.90 Å². The Labute approximate surface area is 100 Å². The Morgan fingerprint density at radius 2 is 1.88 bits per heavy atom. The zero-order chi connectivity index (χ0) is 12.3. The van der Waals surface area contributed by atoms with Crippen molar-refractivity contribution in [3.63, 3.8) is 0 Å². The molecule has 1 aromatic rings. The van der Waals surface area contributed by atoms with E-state index in [-0.39, 0.29) is 0 Å². The van der Waals surface area contributed by atoms with Crippen LogP contribution in [-0.4, -0.2) is 19.6 Å². The van der Waals surface area contributed by atoms with Crippen LogP contribution in [0.25, 0.3) is 0 Å². The fraction of sp³-hybridized carbons (Fsp3) is 0.538. The molecule has 0 aromatic heterocycles. The molecule has 0 amide bonds. The summed E-state index contributed by atoms with van der Waals surface area (Å²) in [5.74, 6) is -0.875. The van der Waals surface area contributed by atoms with Crippen LogP contribution in [0.4, 0.5) is 14.5 Å². The number of hydrogen-bond donors (Lipinski definition) is 1. The topological polar surface area (TPSA) is 29.3 Å². The zero-order valence-electron chi connectivity index (χ0n) is 9.83. The first-order valence-corrected chi connectivity index (χ1v) is 6.11. The van der Waals surface area contributed by atoms with E-state index in [1.807, 2.05) is 0 Å². The number of rotatable bonds is 3. The maximum Gasteiger partial charge on any atom is 0.160 e. The molecule has 17 heavy (non-hydrogen) atoms. The number of anilines is 1. The highest BCUT2D eigenvalue weighted by Crippen LogP contribution is 2.25.